The average Bonchev–Trinajstić information content (AvgIpc) is 2.64. The Morgan fingerprint density at radius 2 is 2.16 bits per heavy atom. The molecule has 3 rings (SSSR count). The van der Waals surface area contributed by atoms with Crippen molar-refractivity contribution in [2.45, 2.75) is 32.0 Å². The van der Waals surface area contributed by atoms with Gasteiger partial charge in [0.25, 0.3) is 0 Å². The Morgan fingerprint density at radius 3 is 2.88 bits per heavy atom. The molecule has 2 heterocycles. The number of fused-ring (bicyclic) bond motifs is 1. The van der Waals surface area contributed by atoms with Crippen LogP contribution >= 0.6 is 0 Å². The number of hydrogen-bond donors (Lipinski definition) is 0. The molecule has 2 aliphatic rings. The van der Waals surface area contributed by atoms with Gasteiger partial charge in [0.1, 0.15) is 12.6 Å². The molecule has 25 heavy (non-hydrogen) atoms. The first kappa shape index (κ1) is 17.2. The van der Waals surface area contributed by atoms with Crippen LogP contribution in [0.2, 0.25) is 0 Å². The van der Waals surface area contributed by atoms with E-state index in [9.17, 15) is 9.59 Å². The van der Waals surface area contributed by atoms with Crippen LogP contribution in [0.15, 0.2) is 54.9 Å². The topological polar surface area (TPSA) is 59.1 Å². The lowest BCUT2D eigenvalue weighted by Crippen LogP contribution is -2.57. The SMILES string of the molecule is C=CC[C@H]1COCC2=CN(C(=O)OCc3ccccc3)[C@@H](C)C(=O)N21. The predicted molar refractivity (Wildman–Crippen MR) is 92.3 cm³/mol. The summed E-state index contributed by atoms with van der Waals surface area (Å²) in [5.41, 5.74) is 1.58. The Labute approximate surface area is 147 Å². The van der Waals surface area contributed by atoms with E-state index in [0.717, 1.165) is 5.56 Å². The van der Waals surface area contributed by atoms with E-state index in [-0.39, 0.29) is 18.6 Å². The summed E-state index contributed by atoms with van der Waals surface area (Å²) in [5, 5.41) is 0. The van der Waals surface area contributed by atoms with Crippen molar-refractivity contribution < 1.29 is 19.1 Å². The quantitative estimate of drug-likeness (QED) is 0.790. The molecule has 2 atom stereocenters. The molecule has 6 nitrogen and oxygen atoms in total. The van der Waals surface area contributed by atoms with Crippen molar-refractivity contribution in [3.63, 3.8) is 0 Å². The van der Waals surface area contributed by atoms with Crippen LogP contribution in [0, 0.1) is 0 Å². The summed E-state index contributed by atoms with van der Waals surface area (Å²) in [6, 6.07) is 8.75. The van der Waals surface area contributed by atoms with Gasteiger partial charge in [0, 0.05) is 6.20 Å². The summed E-state index contributed by atoms with van der Waals surface area (Å²) in [7, 11) is 0. The number of amides is 2. The molecule has 0 unspecified atom stereocenters. The average molecular weight is 342 g/mol. The van der Waals surface area contributed by atoms with Crippen LogP contribution < -0.4 is 0 Å². The second-order valence-electron chi connectivity index (χ2n) is 6.15. The third-order valence-corrected chi connectivity index (χ3v) is 4.39. The lowest BCUT2D eigenvalue weighted by Gasteiger charge is -2.43. The first-order valence-corrected chi connectivity index (χ1v) is 8.33. The lowest BCUT2D eigenvalue weighted by molar-refractivity contribution is -0.141. The molecule has 6 heteroatoms. The molecule has 1 aromatic rings. The summed E-state index contributed by atoms with van der Waals surface area (Å²) in [6.45, 7) is 6.38. The molecule has 0 radical (unpaired) electrons. The van der Waals surface area contributed by atoms with Gasteiger partial charge in [0.2, 0.25) is 5.91 Å². The van der Waals surface area contributed by atoms with E-state index in [2.05, 4.69) is 6.58 Å². The second-order valence-corrected chi connectivity index (χ2v) is 6.15. The zero-order chi connectivity index (χ0) is 17.8. The number of morpholine rings is 1. The molecule has 0 aliphatic carbocycles. The summed E-state index contributed by atoms with van der Waals surface area (Å²) < 4.78 is 10.9. The monoisotopic (exact) mass is 342 g/mol. The van der Waals surface area contributed by atoms with Crippen molar-refractivity contribution in [2.75, 3.05) is 13.2 Å². The molecule has 0 bridgehead atoms. The van der Waals surface area contributed by atoms with Crippen molar-refractivity contribution in [3.8, 4) is 0 Å². The van der Waals surface area contributed by atoms with Crippen LogP contribution in [0.1, 0.15) is 18.9 Å². The third-order valence-electron chi connectivity index (χ3n) is 4.39. The van der Waals surface area contributed by atoms with E-state index < -0.39 is 12.1 Å². The standard InChI is InChI=1S/C19H22N2O4/c1-3-7-16-12-24-13-17-10-20(14(2)18(22)21(16)17)19(23)25-11-15-8-5-4-6-9-15/h3-6,8-10,14,16H,1,7,11-13H2,2H3/t14-,16-/m0/s1. The van der Waals surface area contributed by atoms with Gasteiger partial charge in [-0.15, -0.1) is 6.58 Å². The van der Waals surface area contributed by atoms with Gasteiger partial charge in [0.05, 0.1) is 25.0 Å². The number of nitrogens with zero attached hydrogens (tertiary/aromatic N) is 2. The Hall–Kier alpha value is -2.60. The highest BCUT2D eigenvalue weighted by atomic mass is 16.6. The van der Waals surface area contributed by atoms with E-state index in [1.807, 2.05) is 30.3 Å². The maximum Gasteiger partial charge on any atom is 0.414 e. The van der Waals surface area contributed by atoms with Crippen molar-refractivity contribution >= 4 is 12.0 Å². The van der Waals surface area contributed by atoms with Crippen LogP contribution in [0.5, 0.6) is 0 Å². The molecule has 1 fully saturated rings. The van der Waals surface area contributed by atoms with Gasteiger partial charge in [-0.3, -0.25) is 9.69 Å². The predicted octanol–water partition coefficient (Wildman–Crippen LogP) is 2.67. The van der Waals surface area contributed by atoms with Crippen molar-refractivity contribution in [1.82, 2.24) is 9.80 Å². The fraction of sp³-hybridized carbons (Fsp3) is 0.368. The summed E-state index contributed by atoms with van der Waals surface area (Å²) in [4.78, 5) is 28.3. The minimum atomic E-state index is -0.613. The number of ether oxygens (including phenoxy) is 2. The lowest BCUT2D eigenvalue weighted by atomic mass is 10.1. The molecular weight excluding hydrogens is 320 g/mol. The number of benzene rings is 1. The van der Waals surface area contributed by atoms with Gasteiger partial charge in [-0.05, 0) is 18.9 Å². The van der Waals surface area contributed by atoms with Gasteiger partial charge in [-0.25, -0.2) is 4.79 Å². The number of rotatable bonds is 4. The van der Waals surface area contributed by atoms with Crippen molar-refractivity contribution in [3.05, 3.63) is 60.4 Å². The Balaban J connectivity index is 1.73. The Kier molecular flexibility index (Phi) is 5.19. The van der Waals surface area contributed by atoms with Gasteiger partial charge >= 0.3 is 6.09 Å². The van der Waals surface area contributed by atoms with Crippen LogP contribution in [0.25, 0.3) is 0 Å². The molecule has 1 saturated heterocycles. The summed E-state index contributed by atoms with van der Waals surface area (Å²) in [5.74, 6) is -0.121. The van der Waals surface area contributed by atoms with Crippen molar-refractivity contribution in [1.29, 1.82) is 0 Å². The fourth-order valence-electron chi connectivity index (χ4n) is 3.06. The number of carbonyl (C=O) groups excluding carboxylic acids is 2. The number of carbonyl (C=O) groups is 2. The Bertz CT molecular complexity index is 686. The highest BCUT2D eigenvalue weighted by Gasteiger charge is 2.40. The minimum Gasteiger partial charge on any atom is -0.444 e. The van der Waals surface area contributed by atoms with E-state index in [0.29, 0.717) is 25.3 Å². The molecule has 2 amide bonds. The van der Waals surface area contributed by atoms with Crippen LogP contribution in [-0.2, 0) is 20.9 Å². The first-order valence-electron chi connectivity index (χ1n) is 8.33. The third kappa shape index (κ3) is 3.58. The molecule has 0 saturated carbocycles. The molecule has 0 N–H and O–H groups in total. The van der Waals surface area contributed by atoms with Crippen LogP contribution in [0.3, 0.4) is 0 Å². The largest absolute Gasteiger partial charge is 0.444 e. The zero-order valence-electron chi connectivity index (χ0n) is 14.3. The molecule has 132 valence electrons. The first-order chi connectivity index (χ1) is 12.1. The number of hydrogen-bond acceptors (Lipinski definition) is 4. The zero-order valence-corrected chi connectivity index (χ0v) is 14.3. The Morgan fingerprint density at radius 1 is 1.40 bits per heavy atom. The molecule has 0 aromatic heterocycles. The van der Waals surface area contributed by atoms with Gasteiger partial charge < -0.3 is 14.4 Å². The molecule has 1 aromatic carbocycles. The van der Waals surface area contributed by atoms with E-state index in [4.69, 9.17) is 9.47 Å². The molecule has 0 spiro atoms. The highest BCUT2D eigenvalue weighted by molar-refractivity contribution is 5.89. The highest BCUT2D eigenvalue weighted by Crippen LogP contribution is 2.27. The minimum absolute atomic E-state index is 0.0741. The van der Waals surface area contributed by atoms with E-state index in [1.54, 1.807) is 24.1 Å². The molecular formula is C19H22N2O4. The van der Waals surface area contributed by atoms with Crippen molar-refractivity contribution in [2.24, 2.45) is 0 Å². The normalized spacial score (nSPS) is 22.9. The molecule has 2 aliphatic heterocycles. The summed E-state index contributed by atoms with van der Waals surface area (Å²) >= 11 is 0. The van der Waals surface area contributed by atoms with Crippen LogP contribution in [0.4, 0.5) is 4.79 Å². The van der Waals surface area contributed by atoms with Crippen LogP contribution in [-0.4, -0.2) is 47.1 Å². The summed E-state index contributed by atoms with van der Waals surface area (Å²) in [6.07, 6.45) is 3.54. The smallest absolute Gasteiger partial charge is 0.414 e. The van der Waals surface area contributed by atoms with Gasteiger partial charge in [-0.1, -0.05) is 36.4 Å². The maximum atomic E-state index is 12.8. The maximum absolute atomic E-state index is 12.8. The van der Waals surface area contributed by atoms with Gasteiger partial charge in [0.15, 0.2) is 0 Å². The van der Waals surface area contributed by atoms with Gasteiger partial charge in [-0.2, -0.15) is 0 Å². The second kappa shape index (κ2) is 7.53. The fourth-order valence-corrected chi connectivity index (χ4v) is 3.06. The van der Waals surface area contributed by atoms with E-state index in [1.165, 1.54) is 4.90 Å². The van der Waals surface area contributed by atoms with E-state index >= 15 is 0 Å².